The molecule has 1 N–H and O–H groups in total. The van der Waals surface area contributed by atoms with Crippen LogP contribution in [0.15, 0.2) is 48.5 Å². The van der Waals surface area contributed by atoms with Crippen molar-refractivity contribution < 1.29 is 9.53 Å². The number of hydrogen-bond acceptors (Lipinski definition) is 3. The highest BCUT2D eigenvalue weighted by atomic mass is 16.5. The Kier molecular flexibility index (Phi) is 5.91. The summed E-state index contributed by atoms with van der Waals surface area (Å²) in [5, 5.41) is 3.28. The van der Waals surface area contributed by atoms with Crippen molar-refractivity contribution in [3.05, 3.63) is 65.2 Å². The molecule has 1 fully saturated rings. The Morgan fingerprint density at radius 2 is 1.76 bits per heavy atom. The zero-order valence-electron chi connectivity index (χ0n) is 17.6. The maximum atomic E-state index is 13.0. The van der Waals surface area contributed by atoms with E-state index in [-0.39, 0.29) is 17.6 Å². The Hall–Kier alpha value is -2.33. The standard InChI is InChI=1S/C25H32N2O2/c1-3-25(4-2)17-22(21-9-5-6-10-23(21)29-25)26-24(28)20-13-11-19(12-14-20)18-27-15-7-8-16-27/h5-6,9-14,22H,3-4,7-8,15-18H2,1-2H3,(H,26,28)/t22-/m0/s1. The Morgan fingerprint density at radius 3 is 2.45 bits per heavy atom. The molecule has 2 aromatic carbocycles. The normalized spacial score (nSPS) is 20.7. The number of amides is 1. The molecule has 154 valence electrons. The summed E-state index contributed by atoms with van der Waals surface area (Å²) in [5.74, 6) is 0.884. The fourth-order valence-electron chi connectivity index (χ4n) is 4.63. The van der Waals surface area contributed by atoms with Crippen molar-refractivity contribution in [2.45, 2.75) is 64.1 Å². The maximum Gasteiger partial charge on any atom is 0.251 e. The summed E-state index contributed by atoms with van der Waals surface area (Å²) in [4.78, 5) is 15.5. The van der Waals surface area contributed by atoms with E-state index in [1.54, 1.807) is 0 Å². The summed E-state index contributed by atoms with van der Waals surface area (Å²) in [6.07, 6.45) is 5.24. The lowest BCUT2D eigenvalue weighted by atomic mass is 9.83. The number of ether oxygens (including phenoxy) is 1. The Bertz CT molecular complexity index is 836. The predicted octanol–water partition coefficient (Wildman–Crippen LogP) is 5.09. The first kappa shape index (κ1) is 20.0. The SMILES string of the molecule is CCC1(CC)C[C@H](NC(=O)c2ccc(CN3CCCC3)cc2)c2ccccc2O1. The van der Waals surface area contributed by atoms with Gasteiger partial charge in [-0.15, -0.1) is 0 Å². The molecule has 4 heteroatoms. The quantitative estimate of drug-likeness (QED) is 0.744. The first-order valence-electron chi connectivity index (χ1n) is 11.0. The Balaban J connectivity index is 1.48. The lowest BCUT2D eigenvalue weighted by molar-refractivity contribution is 0.0227. The van der Waals surface area contributed by atoms with Crippen LogP contribution < -0.4 is 10.1 Å². The molecule has 2 aromatic rings. The van der Waals surface area contributed by atoms with Crippen molar-refractivity contribution in [1.29, 1.82) is 0 Å². The van der Waals surface area contributed by atoms with Gasteiger partial charge in [-0.05, 0) is 62.5 Å². The zero-order valence-corrected chi connectivity index (χ0v) is 17.6. The summed E-state index contributed by atoms with van der Waals surface area (Å²) in [6.45, 7) is 7.67. The van der Waals surface area contributed by atoms with Crippen molar-refractivity contribution in [2.75, 3.05) is 13.1 Å². The second-order valence-electron chi connectivity index (χ2n) is 8.44. The van der Waals surface area contributed by atoms with E-state index < -0.39 is 0 Å². The van der Waals surface area contributed by atoms with E-state index in [0.717, 1.165) is 42.7 Å². The number of rotatable bonds is 6. The molecule has 4 nitrogen and oxygen atoms in total. The number of nitrogens with zero attached hydrogens (tertiary/aromatic N) is 1. The molecule has 2 aliphatic rings. The largest absolute Gasteiger partial charge is 0.487 e. The van der Waals surface area contributed by atoms with Crippen molar-refractivity contribution >= 4 is 5.91 Å². The summed E-state index contributed by atoms with van der Waals surface area (Å²) < 4.78 is 6.36. The van der Waals surface area contributed by atoms with Gasteiger partial charge in [-0.1, -0.05) is 44.2 Å². The van der Waals surface area contributed by atoms with Crippen LogP contribution >= 0.6 is 0 Å². The molecule has 0 radical (unpaired) electrons. The minimum absolute atomic E-state index is 0.0134. The fourth-order valence-corrected chi connectivity index (χ4v) is 4.63. The van der Waals surface area contributed by atoms with E-state index in [9.17, 15) is 4.79 Å². The smallest absolute Gasteiger partial charge is 0.251 e. The molecule has 0 unspecified atom stereocenters. The first-order valence-corrected chi connectivity index (χ1v) is 11.0. The highest BCUT2D eigenvalue weighted by Crippen LogP contribution is 2.42. The van der Waals surface area contributed by atoms with Crippen LogP contribution in [0.2, 0.25) is 0 Å². The number of hydrogen-bond donors (Lipinski definition) is 1. The summed E-state index contributed by atoms with van der Waals surface area (Å²) in [7, 11) is 0. The highest BCUT2D eigenvalue weighted by Gasteiger charge is 2.39. The van der Waals surface area contributed by atoms with Gasteiger partial charge in [0.1, 0.15) is 11.4 Å². The summed E-state index contributed by atoms with van der Waals surface area (Å²) in [5.41, 5.74) is 2.85. The summed E-state index contributed by atoms with van der Waals surface area (Å²) >= 11 is 0. The van der Waals surface area contributed by atoms with Crippen LogP contribution in [0.4, 0.5) is 0 Å². The van der Waals surface area contributed by atoms with Gasteiger partial charge in [-0.25, -0.2) is 0 Å². The number of carbonyl (C=O) groups excluding carboxylic acids is 1. The van der Waals surface area contributed by atoms with Crippen molar-refractivity contribution in [3.63, 3.8) is 0 Å². The lowest BCUT2D eigenvalue weighted by Crippen LogP contribution is -2.44. The van der Waals surface area contributed by atoms with Crippen molar-refractivity contribution in [3.8, 4) is 5.75 Å². The predicted molar refractivity (Wildman–Crippen MR) is 116 cm³/mol. The molecule has 2 heterocycles. The molecule has 4 rings (SSSR count). The van der Waals surface area contributed by atoms with Gasteiger partial charge in [0.15, 0.2) is 0 Å². The van der Waals surface area contributed by atoms with E-state index >= 15 is 0 Å². The van der Waals surface area contributed by atoms with Gasteiger partial charge < -0.3 is 10.1 Å². The Morgan fingerprint density at radius 1 is 1.07 bits per heavy atom. The Labute approximate surface area is 174 Å². The fraction of sp³-hybridized carbons (Fsp3) is 0.480. The van der Waals surface area contributed by atoms with Gasteiger partial charge in [0.2, 0.25) is 0 Å². The van der Waals surface area contributed by atoms with Crippen molar-refractivity contribution in [1.82, 2.24) is 10.2 Å². The molecule has 0 aromatic heterocycles. The molecule has 0 bridgehead atoms. The van der Waals surface area contributed by atoms with Crippen LogP contribution in [0.3, 0.4) is 0 Å². The third kappa shape index (κ3) is 4.32. The molecule has 0 aliphatic carbocycles. The average Bonchev–Trinajstić information content (AvgIpc) is 3.27. The molecule has 1 amide bonds. The van der Waals surface area contributed by atoms with Crippen LogP contribution in [0.5, 0.6) is 5.75 Å². The van der Waals surface area contributed by atoms with Crippen LogP contribution in [0.1, 0.15) is 73.5 Å². The third-order valence-corrected chi connectivity index (χ3v) is 6.61. The average molecular weight is 393 g/mol. The minimum Gasteiger partial charge on any atom is -0.487 e. The number of carbonyl (C=O) groups is 1. The molecule has 0 saturated carbocycles. The maximum absolute atomic E-state index is 13.0. The second kappa shape index (κ2) is 8.58. The minimum atomic E-state index is -0.216. The first-order chi connectivity index (χ1) is 14.1. The third-order valence-electron chi connectivity index (χ3n) is 6.61. The zero-order chi connectivity index (χ0) is 20.3. The number of likely N-dealkylation sites (tertiary alicyclic amines) is 1. The van der Waals surface area contributed by atoms with E-state index in [2.05, 4.69) is 42.3 Å². The van der Waals surface area contributed by atoms with E-state index in [1.807, 2.05) is 30.3 Å². The van der Waals surface area contributed by atoms with Gasteiger partial charge in [0.05, 0.1) is 6.04 Å². The van der Waals surface area contributed by atoms with E-state index in [0.29, 0.717) is 0 Å². The summed E-state index contributed by atoms with van der Waals surface area (Å²) in [6, 6.07) is 16.2. The highest BCUT2D eigenvalue weighted by molar-refractivity contribution is 5.94. The van der Waals surface area contributed by atoms with Gasteiger partial charge in [-0.3, -0.25) is 9.69 Å². The molecular weight excluding hydrogens is 360 g/mol. The number of fused-ring (bicyclic) bond motifs is 1. The van der Waals surface area contributed by atoms with Gasteiger partial charge in [-0.2, -0.15) is 0 Å². The number of para-hydroxylation sites is 1. The topological polar surface area (TPSA) is 41.6 Å². The van der Waals surface area contributed by atoms with E-state index in [1.165, 1.54) is 31.5 Å². The van der Waals surface area contributed by atoms with Gasteiger partial charge in [0.25, 0.3) is 5.91 Å². The van der Waals surface area contributed by atoms with Crippen LogP contribution in [-0.2, 0) is 6.54 Å². The lowest BCUT2D eigenvalue weighted by Gasteiger charge is -2.41. The molecular formula is C25H32N2O2. The van der Waals surface area contributed by atoms with Crippen molar-refractivity contribution in [2.24, 2.45) is 0 Å². The number of nitrogens with one attached hydrogen (secondary N) is 1. The van der Waals surface area contributed by atoms with Crippen LogP contribution in [-0.4, -0.2) is 29.5 Å². The van der Waals surface area contributed by atoms with Crippen LogP contribution in [0.25, 0.3) is 0 Å². The van der Waals surface area contributed by atoms with E-state index in [4.69, 9.17) is 4.74 Å². The van der Waals surface area contributed by atoms with Crippen LogP contribution in [0, 0.1) is 0 Å². The monoisotopic (exact) mass is 392 g/mol. The second-order valence-corrected chi connectivity index (χ2v) is 8.44. The number of benzene rings is 2. The molecule has 0 spiro atoms. The van der Waals surface area contributed by atoms with Gasteiger partial charge in [0, 0.05) is 24.1 Å². The molecule has 29 heavy (non-hydrogen) atoms. The van der Waals surface area contributed by atoms with Gasteiger partial charge >= 0.3 is 0 Å². The molecule has 1 saturated heterocycles. The molecule has 1 atom stereocenters. The molecule has 2 aliphatic heterocycles.